The Morgan fingerprint density at radius 3 is 2.30 bits per heavy atom. The van der Waals surface area contributed by atoms with E-state index < -0.39 is 0 Å². The van der Waals surface area contributed by atoms with Crippen LogP contribution in [-0.4, -0.2) is 24.1 Å². The second kappa shape index (κ2) is 10.3. The number of allylic oxidation sites excluding steroid dienone is 4. The molecule has 0 N–H and O–H groups in total. The summed E-state index contributed by atoms with van der Waals surface area (Å²) < 4.78 is 5.78. The topological polar surface area (TPSA) is 29.5 Å². The first-order valence-electron chi connectivity index (χ1n) is 11.0. The van der Waals surface area contributed by atoms with Gasteiger partial charge in [-0.1, -0.05) is 66.3 Å². The number of nitrogens with zero attached hydrogens (tertiary/aromatic N) is 1. The monoisotopic (exact) mass is 403 g/mol. The second-order valence-corrected chi connectivity index (χ2v) is 7.97. The molecule has 1 amide bonds. The molecule has 1 aliphatic rings. The number of carbonyl (C=O) groups is 1. The number of hydrogen-bond acceptors (Lipinski definition) is 2. The minimum atomic E-state index is -0.278. The van der Waals surface area contributed by atoms with E-state index in [9.17, 15) is 4.79 Å². The van der Waals surface area contributed by atoms with Crippen molar-refractivity contribution in [2.24, 2.45) is 0 Å². The predicted octanol–water partition coefficient (Wildman–Crippen LogP) is 6.75. The molecule has 0 spiro atoms. The van der Waals surface area contributed by atoms with Crippen LogP contribution in [0.15, 0.2) is 66.3 Å². The Labute approximate surface area is 181 Å². The van der Waals surface area contributed by atoms with Gasteiger partial charge in [-0.3, -0.25) is 0 Å². The fraction of sp³-hybridized carbons (Fsp3) is 0.370. The van der Waals surface area contributed by atoms with Gasteiger partial charge in [-0.25, -0.2) is 4.79 Å². The summed E-state index contributed by atoms with van der Waals surface area (Å²) in [4.78, 5) is 14.2. The van der Waals surface area contributed by atoms with Gasteiger partial charge < -0.3 is 9.64 Å². The van der Waals surface area contributed by atoms with Crippen LogP contribution >= 0.6 is 0 Å². The van der Waals surface area contributed by atoms with Crippen molar-refractivity contribution < 1.29 is 9.53 Å². The van der Waals surface area contributed by atoms with E-state index in [4.69, 9.17) is 4.74 Å². The molecular formula is C27H33NO2. The largest absolute Gasteiger partial charge is 0.415 e. The summed E-state index contributed by atoms with van der Waals surface area (Å²) in [5, 5.41) is 0. The van der Waals surface area contributed by atoms with Gasteiger partial charge in [-0.2, -0.15) is 0 Å². The highest BCUT2D eigenvalue weighted by Crippen LogP contribution is 2.36. The zero-order valence-electron chi connectivity index (χ0n) is 18.7. The molecule has 3 nitrogen and oxygen atoms in total. The molecule has 0 heterocycles. The van der Waals surface area contributed by atoms with Gasteiger partial charge in [0.05, 0.1) is 0 Å². The average molecular weight is 404 g/mol. The molecule has 0 radical (unpaired) electrons. The lowest BCUT2D eigenvalue weighted by atomic mass is 9.81. The fourth-order valence-corrected chi connectivity index (χ4v) is 4.20. The first kappa shape index (κ1) is 21.9. The lowest BCUT2D eigenvalue weighted by Crippen LogP contribution is -2.33. The van der Waals surface area contributed by atoms with Crippen molar-refractivity contribution in [3.63, 3.8) is 0 Å². The summed E-state index contributed by atoms with van der Waals surface area (Å²) in [6.45, 7) is 9.30. The maximum Gasteiger partial charge on any atom is 0.415 e. The van der Waals surface area contributed by atoms with Crippen molar-refractivity contribution in [2.45, 2.75) is 52.9 Å². The lowest BCUT2D eigenvalue weighted by Gasteiger charge is -2.25. The van der Waals surface area contributed by atoms with Crippen molar-refractivity contribution in [1.82, 2.24) is 4.90 Å². The first-order chi connectivity index (χ1) is 14.5. The summed E-state index contributed by atoms with van der Waals surface area (Å²) >= 11 is 0. The SMILES string of the molecule is CCN(CC)C(=O)Oc1c(C)cc(C(Cc2ccccc2)C2=CC=CCC2)cc1C. The predicted molar refractivity (Wildman–Crippen MR) is 124 cm³/mol. The molecule has 0 bridgehead atoms. The molecule has 0 saturated carbocycles. The molecule has 3 rings (SSSR count). The summed E-state index contributed by atoms with van der Waals surface area (Å²) in [5.74, 6) is 1.01. The minimum Gasteiger partial charge on any atom is -0.410 e. The van der Waals surface area contributed by atoms with Gasteiger partial charge in [0.15, 0.2) is 0 Å². The number of amides is 1. The van der Waals surface area contributed by atoms with E-state index in [1.54, 1.807) is 4.90 Å². The smallest absolute Gasteiger partial charge is 0.410 e. The van der Waals surface area contributed by atoms with Crippen LogP contribution in [0.25, 0.3) is 0 Å². The maximum atomic E-state index is 12.5. The summed E-state index contributed by atoms with van der Waals surface area (Å²) in [6, 6.07) is 15.1. The third-order valence-corrected chi connectivity index (χ3v) is 5.87. The van der Waals surface area contributed by atoms with E-state index in [1.807, 2.05) is 27.7 Å². The molecule has 0 aliphatic heterocycles. The Bertz CT molecular complexity index is 900. The van der Waals surface area contributed by atoms with E-state index in [-0.39, 0.29) is 6.09 Å². The van der Waals surface area contributed by atoms with Crippen molar-refractivity contribution in [2.75, 3.05) is 13.1 Å². The van der Waals surface area contributed by atoms with E-state index in [0.717, 1.165) is 30.4 Å². The Morgan fingerprint density at radius 1 is 1.07 bits per heavy atom. The quantitative estimate of drug-likeness (QED) is 0.512. The number of hydrogen-bond donors (Lipinski definition) is 0. The van der Waals surface area contributed by atoms with Gasteiger partial charge >= 0.3 is 6.09 Å². The molecule has 2 aromatic rings. The van der Waals surface area contributed by atoms with Gasteiger partial charge in [0.2, 0.25) is 0 Å². The van der Waals surface area contributed by atoms with E-state index in [0.29, 0.717) is 24.8 Å². The number of benzene rings is 2. The normalized spacial score (nSPS) is 14.2. The van der Waals surface area contributed by atoms with Crippen molar-refractivity contribution >= 4 is 6.09 Å². The molecule has 0 fully saturated rings. The van der Waals surface area contributed by atoms with Crippen molar-refractivity contribution in [3.05, 3.63) is 88.5 Å². The van der Waals surface area contributed by atoms with Crippen LogP contribution in [0.2, 0.25) is 0 Å². The minimum absolute atomic E-state index is 0.278. The van der Waals surface area contributed by atoms with Crippen LogP contribution in [0.5, 0.6) is 5.75 Å². The number of rotatable bonds is 7. The highest BCUT2D eigenvalue weighted by molar-refractivity contribution is 5.71. The molecule has 0 saturated heterocycles. The van der Waals surface area contributed by atoms with Crippen molar-refractivity contribution in [1.29, 1.82) is 0 Å². The molecule has 0 aromatic heterocycles. The standard InChI is InChI=1S/C27H33NO2/c1-5-28(6-2)27(29)30-26-20(3)17-24(18-21(26)4)25(23-15-11-8-12-16-23)19-22-13-9-7-10-14-22/h7-11,13-15,17-18,25H,5-6,12,16,19H2,1-4H3. The molecule has 1 atom stereocenters. The van der Waals surface area contributed by atoms with E-state index in [1.165, 1.54) is 16.7 Å². The first-order valence-corrected chi connectivity index (χ1v) is 11.0. The van der Waals surface area contributed by atoms with Crippen LogP contribution in [0, 0.1) is 13.8 Å². The van der Waals surface area contributed by atoms with Gasteiger partial charge in [0, 0.05) is 19.0 Å². The summed E-state index contributed by atoms with van der Waals surface area (Å²) in [5.41, 5.74) is 6.11. The lowest BCUT2D eigenvalue weighted by molar-refractivity contribution is 0.156. The van der Waals surface area contributed by atoms with Crippen LogP contribution in [0.4, 0.5) is 4.79 Å². The van der Waals surface area contributed by atoms with Gasteiger partial charge in [0.25, 0.3) is 0 Å². The molecule has 1 aliphatic carbocycles. The highest BCUT2D eigenvalue weighted by atomic mass is 16.6. The Balaban J connectivity index is 1.93. The second-order valence-electron chi connectivity index (χ2n) is 7.97. The molecule has 3 heteroatoms. The van der Waals surface area contributed by atoms with Crippen LogP contribution < -0.4 is 4.74 Å². The van der Waals surface area contributed by atoms with E-state index in [2.05, 4.69) is 60.7 Å². The highest BCUT2D eigenvalue weighted by Gasteiger charge is 2.21. The zero-order valence-corrected chi connectivity index (χ0v) is 18.7. The van der Waals surface area contributed by atoms with Crippen LogP contribution in [-0.2, 0) is 6.42 Å². The summed E-state index contributed by atoms with van der Waals surface area (Å²) in [6.07, 6.45) is 9.56. The maximum absolute atomic E-state index is 12.5. The number of carbonyl (C=O) groups excluding carboxylic acids is 1. The zero-order chi connectivity index (χ0) is 21.5. The number of aryl methyl sites for hydroxylation is 2. The van der Waals surface area contributed by atoms with Gasteiger partial charge in [-0.05, 0) is 69.2 Å². The molecule has 1 unspecified atom stereocenters. The van der Waals surface area contributed by atoms with Crippen LogP contribution in [0.3, 0.4) is 0 Å². The Hall–Kier alpha value is -2.81. The molecule has 30 heavy (non-hydrogen) atoms. The fourth-order valence-electron chi connectivity index (χ4n) is 4.20. The Morgan fingerprint density at radius 2 is 1.73 bits per heavy atom. The van der Waals surface area contributed by atoms with Gasteiger partial charge in [-0.15, -0.1) is 0 Å². The average Bonchev–Trinajstić information content (AvgIpc) is 2.76. The molecule has 2 aromatic carbocycles. The molecular weight excluding hydrogens is 370 g/mol. The van der Waals surface area contributed by atoms with Crippen LogP contribution in [0.1, 0.15) is 54.9 Å². The van der Waals surface area contributed by atoms with Gasteiger partial charge in [0.1, 0.15) is 5.75 Å². The third kappa shape index (κ3) is 5.21. The molecule has 158 valence electrons. The Kier molecular flexibility index (Phi) is 7.51. The number of ether oxygens (including phenoxy) is 1. The third-order valence-electron chi connectivity index (χ3n) is 5.87. The summed E-state index contributed by atoms with van der Waals surface area (Å²) in [7, 11) is 0. The van der Waals surface area contributed by atoms with E-state index >= 15 is 0 Å². The van der Waals surface area contributed by atoms with Crippen molar-refractivity contribution in [3.8, 4) is 5.75 Å².